The lowest BCUT2D eigenvalue weighted by atomic mass is 9.75. The average Bonchev–Trinajstić information content (AvgIpc) is 2.86. The molecule has 0 saturated heterocycles. The van der Waals surface area contributed by atoms with Crippen LogP contribution in [0.2, 0.25) is 0 Å². The average molecular weight is 314 g/mol. The van der Waals surface area contributed by atoms with Crippen LogP contribution in [0.1, 0.15) is 37.1 Å². The van der Waals surface area contributed by atoms with Crippen LogP contribution in [0.5, 0.6) is 0 Å². The summed E-state index contributed by atoms with van der Waals surface area (Å²) < 4.78 is 37.2. The topological polar surface area (TPSA) is 37.8 Å². The number of rotatable bonds is 4. The molecule has 0 unspecified atom stereocenters. The van der Waals surface area contributed by atoms with Gasteiger partial charge in [0.2, 0.25) is 10.1 Å². The Hall–Kier alpha value is -0.560. The molecule has 1 aliphatic rings. The largest absolute Gasteiger partial charge is 0.445 e. The Bertz CT molecular complexity index is 416. The first-order valence-corrected chi connectivity index (χ1v) is 7.51. The van der Waals surface area contributed by atoms with Crippen molar-refractivity contribution in [1.29, 1.82) is 0 Å². The van der Waals surface area contributed by atoms with Crippen LogP contribution in [0.4, 0.5) is 18.3 Å². The molecule has 1 aliphatic carbocycles. The monoisotopic (exact) mass is 313 g/mol. The Kier molecular flexibility index (Phi) is 4.55. The van der Waals surface area contributed by atoms with Gasteiger partial charge in [0.1, 0.15) is 0 Å². The molecule has 1 heterocycles. The predicted molar refractivity (Wildman–Crippen MR) is 69.6 cm³/mol. The molecule has 3 nitrogen and oxygen atoms in total. The number of anilines is 1. The zero-order chi connectivity index (χ0) is 13.9. The van der Waals surface area contributed by atoms with E-state index < -0.39 is 11.2 Å². The second-order valence-corrected chi connectivity index (χ2v) is 6.20. The highest BCUT2D eigenvalue weighted by Crippen LogP contribution is 2.38. The van der Waals surface area contributed by atoms with Gasteiger partial charge in [-0.05, 0) is 12.8 Å². The maximum absolute atomic E-state index is 12.4. The Morgan fingerprint density at radius 3 is 2.42 bits per heavy atom. The van der Waals surface area contributed by atoms with Gasteiger partial charge in [-0.1, -0.05) is 30.6 Å². The van der Waals surface area contributed by atoms with E-state index in [2.05, 4.69) is 15.5 Å². The van der Waals surface area contributed by atoms with E-state index in [0.717, 1.165) is 25.7 Å². The highest BCUT2D eigenvalue weighted by molar-refractivity contribution is 7.15. The van der Waals surface area contributed by atoms with Crippen LogP contribution >= 0.6 is 22.9 Å². The van der Waals surface area contributed by atoms with Crippen molar-refractivity contribution in [2.75, 3.05) is 17.7 Å². The summed E-state index contributed by atoms with van der Waals surface area (Å²) in [6, 6.07) is 0. The van der Waals surface area contributed by atoms with Gasteiger partial charge in [-0.2, -0.15) is 13.2 Å². The van der Waals surface area contributed by atoms with Gasteiger partial charge in [-0.3, -0.25) is 0 Å². The number of hydrogen-bond donors (Lipinski definition) is 1. The zero-order valence-corrected chi connectivity index (χ0v) is 11.8. The van der Waals surface area contributed by atoms with E-state index in [0.29, 0.717) is 23.8 Å². The molecule has 19 heavy (non-hydrogen) atoms. The molecule has 108 valence electrons. The SMILES string of the molecule is FC(F)(F)c1nnc(NCC2(CCl)CCCCC2)s1. The lowest BCUT2D eigenvalue weighted by Crippen LogP contribution is -2.33. The minimum atomic E-state index is -4.42. The maximum Gasteiger partial charge on any atom is 0.445 e. The summed E-state index contributed by atoms with van der Waals surface area (Å²) in [5.41, 5.74) is -0.0239. The molecule has 0 amide bonds. The number of hydrogen-bond acceptors (Lipinski definition) is 4. The molecule has 1 fully saturated rings. The second kappa shape index (κ2) is 5.83. The van der Waals surface area contributed by atoms with Gasteiger partial charge in [0.25, 0.3) is 0 Å². The summed E-state index contributed by atoms with van der Waals surface area (Å²) >= 11 is 6.56. The molecule has 0 spiro atoms. The number of halogens is 4. The van der Waals surface area contributed by atoms with Crippen LogP contribution in [0.3, 0.4) is 0 Å². The quantitative estimate of drug-likeness (QED) is 0.848. The summed E-state index contributed by atoms with van der Waals surface area (Å²) in [4.78, 5) is 0. The van der Waals surface area contributed by atoms with Crippen molar-refractivity contribution in [2.24, 2.45) is 5.41 Å². The van der Waals surface area contributed by atoms with Gasteiger partial charge in [-0.15, -0.1) is 21.8 Å². The van der Waals surface area contributed by atoms with Crippen molar-refractivity contribution in [3.63, 3.8) is 0 Å². The number of nitrogens with one attached hydrogen (secondary N) is 1. The second-order valence-electron chi connectivity index (χ2n) is 4.96. The third-order valence-corrected chi connectivity index (χ3v) is 4.97. The molecule has 1 aromatic heterocycles. The molecule has 0 aliphatic heterocycles. The van der Waals surface area contributed by atoms with Crippen LogP contribution < -0.4 is 5.32 Å². The smallest absolute Gasteiger partial charge is 0.359 e. The maximum atomic E-state index is 12.4. The molecule has 1 saturated carbocycles. The van der Waals surface area contributed by atoms with Crippen LogP contribution in [0, 0.1) is 5.41 Å². The summed E-state index contributed by atoms with van der Waals surface area (Å²) in [6.45, 7) is 0.559. The van der Waals surface area contributed by atoms with Gasteiger partial charge in [0.05, 0.1) is 0 Å². The number of aromatic nitrogens is 2. The predicted octanol–water partition coefficient (Wildman–Crippen LogP) is 4.16. The molecule has 0 atom stereocenters. The van der Waals surface area contributed by atoms with Crippen molar-refractivity contribution in [1.82, 2.24) is 10.2 Å². The van der Waals surface area contributed by atoms with Crippen molar-refractivity contribution >= 4 is 28.1 Å². The zero-order valence-electron chi connectivity index (χ0n) is 10.3. The van der Waals surface area contributed by atoms with Crippen LogP contribution in [0.15, 0.2) is 0 Å². The van der Waals surface area contributed by atoms with Crippen LogP contribution in [0.25, 0.3) is 0 Å². The van der Waals surface area contributed by atoms with E-state index in [1.165, 1.54) is 6.42 Å². The Morgan fingerprint density at radius 1 is 1.21 bits per heavy atom. The first-order chi connectivity index (χ1) is 8.95. The normalized spacial score (nSPS) is 19.4. The van der Waals surface area contributed by atoms with E-state index in [1.54, 1.807) is 0 Å². The first kappa shape index (κ1) is 14.8. The Balaban J connectivity index is 1.96. The fourth-order valence-corrected chi connectivity index (χ4v) is 3.30. The summed E-state index contributed by atoms with van der Waals surface area (Å²) in [7, 11) is 0. The van der Waals surface area contributed by atoms with Crippen molar-refractivity contribution in [3.8, 4) is 0 Å². The minimum Gasteiger partial charge on any atom is -0.359 e. The Labute approximate surface area is 118 Å². The summed E-state index contributed by atoms with van der Waals surface area (Å²) in [6.07, 6.45) is 1.04. The van der Waals surface area contributed by atoms with Gasteiger partial charge >= 0.3 is 6.18 Å². The van der Waals surface area contributed by atoms with E-state index >= 15 is 0 Å². The first-order valence-electron chi connectivity index (χ1n) is 6.16. The highest BCUT2D eigenvalue weighted by Gasteiger charge is 2.36. The lowest BCUT2D eigenvalue weighted by molar-refractivity contribution is -0.138. The molecule has 8 heteroatoms. The van der Waals surface area contributed by atoms with Crippen molar-refractivity contribution in [3.05, 3.63) is 5.01 Å². The minimum absolute atomic E-state index is 0.0239. The molecule has 2 rings (SSSR count). The number of alkyl halides is 4. The van der Waals surface area contributed by atoms with Crippen molar-refractivity contribution in [2.45, 2.75) is 38.3 Å². The molecule has 1 N–H and O–H groups in total. The van der Waals surface area contributed by atoms with E-state index in [9.17, 15) is 13.2 Å². The van der Waals surface area contributed by atoms with E-state index in [-0.39, 0.29) is 10.5 Å². The lowest BCUT2D eigenvalue weighted by Gasteiger charge is -2.35. The molecule has 0 bridgehead atoms. The van der Waals surface area contributed by atoms with Gasteiger partial charge < -0.3 is 5.32 Å². The molecular weight excluding hydrogens is 299 g/mol. The fourth-order valence-electron chi connectivity index (χ4n) is 2.33. The summed E-state index contributed by atoms with van der Waals surface area (Å²) in [5.74, 6) is 0.519. The molecule has 0 radical (unpaired) electrons. The van der Waals surface area contributed by atoms with Crippen LogP contribution in [-0.2, 0) is 6.18 Å². The molecule has 1 aromatic rings. The molecular formula is C11H15ClF3N3S. The summed E-state index contributed by atoms with van der Waals surface area (Å²) in [5, 5.41) is 8.93. The standard InChI is InChI=1S/C11H15ClF3N3S/c12-6-10(4-2-1-3-5-10)7-16-9-18-17-8(19-9)11(13,14)15/h1-7H2,(H,16,18). The third-order valence-electron chi connectivity index (χ3n) is 3.48. The van der Waals surface area contributed by atoms with Crippen molar-refractivity contribution < 1.29 is 13.2 Å². The fraction of sp³-hybridized carbons (Fsp3) is 0.818. The van der Waals surface area contributed by atoms with E-state index in [1.807, 2.05) is 0 Å². The molecule has 0 aromatic carbocycles. The third kappa shape index (κ3) is 3.72. The Morgan fingerprint density at radius 2 is 1.89 bits per heavy atom. The number of nitrogens with zero attached hydrogens (tertiary/aromatic N) is 2. The van der Waals surface area contributed by atoms with Crippen LogP contribution in [-0.4, -0.2) is 22.6 Å². The highest BCUT2D eigenvalue weighted by atomic mass is 35.5. The van der Waals surface area contributed by atoms with Gasteiger partial charge in [0, 0.05) is 17.8 Å². The van der Waals surface area contributed by atoms with Gasteiger partial charge in [0.15, 0.2) is 0 Å². The van der Waals surface area contributed by atoms with Gasteiger partial charge in [-0.25, -0.2) is 0 Å². The van der Waals surface area contributed by atoms with E-state index in [4.69, 9.17) is 11.6 Å².